The van der Waals surface area contributed by atoms with Crippen molar-refractivity contribution in [1.29, 1.82) is 0 Å². The molecule has 0 unspecified atom stereocenters. The smallest absolute Gasteiger partial charge is 0.317 e. The van der Waals surface area contributed by atoms with Gasteiger partial charge in [-0.05, 0) is 38.6 Å². The van der Waals surface area contributed by atoms with Gasteiger partial charge in [0.1, 0.15) is 0 Å². The molecule has 0 radical (unpaired) electrons. The Morgan fingerprint density at radius 2 is 1.72 bits per heavy atom. The normalized spacial score (nSPS) is 21.4. The van der Waals surface area contributed by atoms with Gasteiger partial charge in [-0.15, -0.1) is 0 Å². The van der Waals surface area contributed by atoms with E-state index in [1.165, 1.54) is 38.5 Å². The van der Waals surface area contributed by atoms with Gasteiger partial charge >= 0.3 is 6.03 Å². The maximum atomic E-state index is 12.4. The Morgan fingerprint density at radius 3 is 2.33 bits per heavy atom. The number of carbonyl (C=O) groups is 1. The van der Waals surface area contributed by atoms with Gasteiger partial charge in [0, 0.05) is 18.6 Å². The average Bonchev–Trinajstić information content (AvgIpc) is 3.02. The molecule has 104 valence electrons. The summed E-state index contributed by atoms with van der Waals surface area (Å²) >= 11 is 0. The lowest BCUT2D eigenvalue weighted by molar-refractivity contribution is 0.171. The molecule has 0 bridgehead atoms. The molecule has 0 spiro atoms. The van der Waals surface area contributed by atoms with Crippen LogP contribution in [0.5, 0.6) is 0 Å². The van der Waals surface area contributed by atoms with E-state index < -0.39 is 0 Å². The predicted octanol–water partition coefficient (Wildman–Crippen LogP) is 2.23. The van der Waals surface area contributed by atoms with Crippen LogP contribution >= 0.6 is 0 Å². The molecule has 0 heterocycles. The standard InChI is InChI=1S/C14H27N3O/c15-10-5-11-17(13-8-3-4-9-13)14(18)16-12-6-1-2-7-12/h12-13H,1-11,15H2,(H,16,18). The van der Waals surface area contributed by atoms with Crippen molar-refractivity contribution in [3.63, 3.8) is 0 Å². The molecular weight excluding hydrogens is 226 g/mol. The summed E-state index contributed by atoms with van der Waals surface area (Å²) < 4.78 is 0. The molecule has 2 aliphatic carbocycles. The molecule has 2 amide bonds. The van der Waals surface area contributed by atoms with Crippen LogP contribution in [-0.4, -0.2) is 36.1 Å². The van der Waals surface area contributed by atoms with Gasteiger partial charge < -0.3 is 16.0 Å². The lowest BCUT2D eigenvalue weighted by Crippen LogP contribution is -2.48. The fourth-order valence-electron chi connectivity index (χ4n) is 3.26. The largest absolute Gasteiger partial charge is 0.335 e. The summed E-state index contributed by atoms with van der Waals surface area (Å²) in [5.41, 5.74) is 5.58. The molecule has 2 fully saturated rings. The van der Waals surface area contributed by atoms with E-state index in [0.29, 0.717) is 18.6 Å². The summed E-state index contributed by atoms with van der Waals surface area (Å²) in [5.74, 6) is 0. The predicted molar refractivity (Wildman–Crippen MR) is 73.4 cm³/mol. The molecule has 0 aromatic carbocycles. The Balaban J connectivity index is 1.86. The number of carbonyl (C=O) groups excluding carboxylic acids is 1. The van der Waals surface area contributed by atoms with Gasteiger partial charge in [-0.1, -0.05) is 25.7 Å². The average molecular weight is 253 g/mol. The molecule has 2 rings (SSSR count). The summed E-state index contributed by atoms with van der Waals surface area (Å²) in [4.78, 5) is 14.4. The van der Waals surface area contributed by atoms with E-state index in [1.807, 2.05) is 0 Å². The third kappa shape index (κ3) is 3.61. The number of nitrogens with zero attached hydrogens (tertiary/aromatic N) is 1. The van der Waals surface area contributed by atoms with Crippen LogP contribution in [-0.2, 0) is 0 Å². The van der Waals surface area contributed by atoms with Gasteiger partial charge in [0.2, 0.25) is 0 Å². The van der Waals surface area contributed by atoms with E-state index in [0.717, 1.165) is 25.8 Å². The summed E-state index contributed by atoms with van der Waals surface area (Å²) in [6, 6.07) is 1.03. The molecule has 0 aromatic heterocycles. The number of hydrogen-bond donors (Lipinski definition) is 2. The van der Waals surface area contributed by atoms with Crippen molar-refractivity contribution >= 4 is 6.03 Å². The highest BCUT2D eigenvalue weighted by atomic mass is 16.2. The second kappa shape index (κ2) is 6.98. The maximum absolute atomic E-state index is 12.4. The fraction of sp³-hybridized carbons (Fsp3) is 0.929. The first-order valence-electron chi connectivity index (χ1n) is 7.58. The van der Waals surface area contributed by atoms with E-state index in [4.69, 9.17) is 5.73 Å². The zero-order valence-corrected chi connectivity index (χ0v) is 11.4. The van der Waals surface area contributed by atoms with E-state index in [9.17, 15) is 4.79 Å². The first kappa shape index (κ1) is 13.7. The Morgan fingerprint density at radius 1 is 1.11 bits per heavy atom. The molecule has 0 aliphatic heterocycles. The molecule has 18 heavy (non-hydrogen) atoms. The molecule has 0 saturated heterocycles. The molecule has 2 aliphatic rings. The summed E-state index contributed by atoms with van der Waals surface area (Å²) in [5, 5.41) is 3.21. The molecule has 2 saturated carbocycles. The van der Waals surface area contributed by atoms with E-state index in [2.05, 4.69) is 10.2 Å². The number of hydrogen-bond acceptors (Lipinski definition) is 2. The van der Waals surface area contributed by atoms with Crippen molar-refractivity contribution in [1.82, 2.24) is 10.2 Å². The van der Waals surface area contributed by atoms with Crippen molar-refractivity contribution in [2.24, 2.45) is 5.73 Å². The van der Waals surface area contributed by atoms with Crippen LogP contribution in [0.15, 0.2) is 0 Å². The lowest BCUT2D eigenvalue weighted by atomic mass is 10.2. The third-order valence-corrected chi connectivity index (χ3v) is 4.31. The second-order valence-electron chi connectivity index (χ2n) is 5.70. The van der Waals surface area contributed by atoms with Crippen molar-refractivity contribution in [3.8, 4) is 0 Å². The lowest BCUT2D eigenvalue weighted by Gasteiger charge is -2.30. The van der Waals surface area contributed by atoms with Gasteiger partial charge in [-0.25, -0.2) is 4.79 Å². The first-order valence-corrected chi connectivity index (χ1v) is 7.58. The fourth-order valence-corrected chi connectivity index (χ4v) is 3.26. The topological polar surface area (TPSA) is 58.4 Å². The number of nitrogens with one attached hydrogen (secondary N) is 1. The minimum Gasteiger partial charge on any atom is -0.335 e. The molecule has 4 nitrogen and oxygen atoms in total. The van der Waals surface area contributed by atoms with Gasteiger partial charge in [0.05, 0.1) is 0 Å². The minimum atomic E-state index is 0.155. The molecule has 3 N–H and O–H groups in total. The van der Waals surface area contributed by atoms with Crippen LogP contribution in [0, 0.1) is 0 Å². The summed E-state index contributed by atoms with van der Waals surface area (Å²) in [6.07, 6.45) is 10.6. The molecule has 0 atom stereocenters. The molecule has 4 heteroatoms. The number of amides is 2. The van der Waals surface area contributed by atoms with Gasteiger partial charge in [0.15, 0.2) is 0 Å². The quantitative estimate of drug-likeness (QED) is 0.789. The van der Waals surface area contributed by atoms with E-state index in [1.54, 1.807) is 0 Å². The third-order valence-electron chi connectivity index (χ3n) is 4.31. The van der Waals surface area contributed by atoms with Crippen molar-refractivity contribution in [2.45, 2.75) is 69.9 Å². The minimum absolute atomic E-state index is 0.155. The van der Waals surface area contributed by atoms with Crippen LogP contribution in [0.2, 0.25) is 0 Å². The highest BCUT2D eigenvalue weighted by Gasteiger charge is 2.28. The molecular formula is C14H27N3O. The monoisotopic (exact) mass is 253 g/mol. The molecule has 0 aromatic rings. The van der Waals surface area contributed by atoms with Crippen molar-refractivity contribution in [2.75, 3.05) is 13.1 Å². The Hall–Kier alpha value is -0.770. The number of urea groups is 1. The second-order valence-corrected chi connectivity index (χ2v) is 5.70. The van der Waals surface area contributed by atoms with Crippen LogP contribution in [0.4, 0.5) is 4.79 Å². The Kier molecular flexibility index (Phi) is 5.29. The first-order chi connectivity index (χ1) is 8.81. The highest BCUT2D eigenvalue weighted by Crippen LogP contribution is 2.24. The summed E-state index contributed by atoms with van der Waals surface area (Å²) in [6.45, 7) is 1.49. The van der Waals surface area contributed by atoms with Crippen molar-refractivity contribution in [3.05, 3.63) is 0 Å². The Labute approximate surface area is 110 Å². The SMILES string of the molecule is NCCCN(C(=O)NC1CCCC1)C1CCCC1. The van der Waals surface area contributed by atoms with Gasteiger partial charge in [-0.3, -0.25) is 0 Å². The van der Waals surface area contributed by atoms with Crippen molar-refractivity contribution < 1.29 is 4.79 Å². The van der Waals surface area contributed by atoms with Crippen LogP contribution in [0.25, 0.3) is 0 Å². The maximum Gasteiger partial charge on any atom is 0.317 e. The van der Waals surface area contributed by atoms with Crippen LogP contribution < -0.4 is 11.1 Å². The van der Waals surface area contributed by atoms with Gasteiger partial charge in [-0.2, -0.15) is 0 Å². The zero-order chi connectivity index (χ0) is 12.8. The van der Waals surface area contributed by atoms with Crippen LogP contribution in [0.3, 0.4) is 0 Å². The van der Waals surface area contributed by atoms with Crippen LogP contribution in [0.1, 0.15) is 57.8 Å². The Bertz CT molecular complexity index is 258. The van der Waals surface area contributed by atoms with Gasteiger partial charge in [0.25, 0.3) is 0 Å². The highest BCUT2D eigenvalue weighted by molar-refractivity contribution is 5.75. The zero-order valence-electron chi connectivity index (χ0n) is 11.4. The number of rotatable bonds is 5. The van der Waals surface area contributed by atoms with E-state index in [-0.39, 0.29) is 6.03 Å². The number of nitrogens with two attached hydrogens (primary N) is 1. The van der Waals surface area contributed by atoms with E-state index >= 15 is 0 Å². The summed E-state index contributed by atoms with van der Waals surface area (Å²) in [7, 11) is 0.